The number of carbonyl (C=O) groups is 2. The summed E-state index contributed by atoms with van der Waals surface area (Å²) in [6.07, 6.45) is 1.85. The molecule has 142 valence electrons. The number of nitrogens with one attached hydrogen (secondary N) is 2. The summed E-state index contributed by atoms with van der Waals surface area (Å²) in [6.45, 7) is 3.42. The molecule has 0 aliphatic carbocycles. The van der Waals surface area contributed by atoms with Crippen molar-refractivity contribution in [1.82, 2.24) is 15.5 Å². The van der Waals surface area contributed by atoms with Crippen molar-refractivity contribution < 1.29 is 14.3 Å². The van der Waals surface area contributed by atoms with Crippen LogP contribution in [0.4, 0.5) is 5.13 Å². The van der Waals surface area contributed by atoms with Crippen molar-refractivity contribution in [2.75, 3.05) is 30.8 Å². The number of aromatic nitrogens is 2. The van der Waals surface area contributed by atoms with E-state index in [0.29, 0.717) is 26.0 Å². The molecule has 2 aromatic rings. The van der Waals surface area contributed by atoms with Gasteiger partial charge in [0.2, 0.25) is 11.0 Å². The molecule has 0 saturated heterocycles. The number of hydrogen-bond donors (Lipinski definition) is 2. The normalized spacial score (nSPS) is 10.5. The molecule has 0 bridgehead atoms. The van der Waals surface area contributed by atoms with Crippen LogP contribution in [0, 0.1) is 0 Å². The average Bonchev–Trinajstić information content (AvgIpc) is 3.29. The third-order valence-electron chi connectivity index (χ3n) is 3.15. The van der Waals surface area contributed by atoms with Gasteiger partial charge in [0.05, 0.1) is 12.4 Å². The zero-order valence-corrected chi connectivity index (χ0v) is 17.0. The van der Waals surface area contributed by atoms with Crippen LogP contribution in [0.3, 0.4) is 0 Å². The molecule has 0 radical (unpaired) electrons. The van der Waals surface area contributed by atoms with E-state index in [1.807, 2.05) is 6.07 Å². The molecule has 0 aliphatic heterocycles. The van der Waals surface area contributed by atoms with E-state index in [-0.39, 0.29) is 17.6 Å². The minimum absolute atomic E-state index is 0.0822. The smallest absolute Gasteiger partial charge is 0.305 e. The highest BCUT2D eigenvalue weighted by molar-refractivity contribution is 8.01. The quantitative estimate of drug-likeness (QED) is 0.313. The second-order valence-corrected chi connectivity index (χ2v) is 8.41. The fourth-order valence-electron chi connectivity index (χ4n) is 1.96. The molecule has 0 aromatic carbocycles. The molecular weight excluding hydrogens is 392 g/mol. The van der Waals surface area contributed by atoms with Crippen LogP contribution < -0.4 is 10.6 Å². The molecule has 10 heteroatoms. The second-order valence-electron chi connectivity index (χ2n) is 5.18. The summed E-state index contributed by atoms with van der Waals surface area (Å²) in [5.41, 5.74) is 0. The van der Waals surface area contributed by atoms with Gasteiger partial charge in [0, 0.05) is 24.4 Å². The van der Waals surface area contributed by atoms with E-state index in [1.54, 1.807) is 18.3 Å². The highest BCUT2D eigenvalue weighted by Gasteiger charge is 2.08. The molecule has 2 N–H and O–H groups in total. The summed E-state index contributed by atoms with van der Waals surface area (Å²) in [5.74, 6) is -0.0335. The van der Waals surface area contributed by atoms with Gasteiger partial charge in [-0.25, -0.2) is 0 Å². The molecule has 2 aromatic heterocycles. The summed E-state index contributed by atoms with van der Waals surface area (Å²) >= 11 is 4.54. The van der Waals surface area contributed by atoms with Crippen LogP contribution in [0.25, 0.3) is 0 Å². The van der Waals surface area contributed by atoms with Gasteiger partial charge in [0.15, 0.2) is 4.34 Å². The fraction of sp³-hybridized carbons (Fsp3) is 0.500. The van der Waals surface area contributed by atoms with Crippen LogP contribution in [0.1, 0.15) is 24.6 Å². The molecule has 26 heavy (non-hydrogen) atoms. The number of esters is 1. The van der Waals surface area contributed by atoms with Crippen molar-refractivity contribution >= 4 is 51.4 Å². The van der Waals surface area contributed by atoms with Gasteiger partial charge in [-0.1, -0.05) is 29.2 Å². The van der Waals surface area contributed by atoms with Gasteiger partial charge in [0.1, 0.15) is 0 Å². The van der Waals surface area contributed by atoms with Crippen molar-refractivity contribution in [1.29, 1.82) is 0 Å². The molecule has 0 atom stereocenters. The summed E-state index contributed by atoms with van der Waals surface area (Å²) in [4.78, 5) is 24.3. The van der Waals surface area contributed by atoms with Gasteiger partial charge >= 0.3 is 5.97 Å². The Balaban J connectivity index is 1.56. The van der Waals surface area contributed by atoms with E-state index in [1.165, 1.54) is 28.0 Å². The van der Waals surface area contributed by atoms with Crippen LogP contribution in [0.5, 0.6) is 0 Å². The van der Waals surface area contributed by atoms with Crippen LogP contribution in [0.2, 0.25) is 0 Å². The first kappa shape index (κ1) is 20.7. The van der Waals surface area contributed by atoms with Gasteiger partial charge in [-0.15, -0.1) is 21.5 Å². The maximum absolute atomic E-state index is 11.8. The van der Waals surface area contributed by atoms with E-state index in [2.05, 4.69) is 32.3 Å². The van der Waals surface area contributed by atoms with Crippen molar-refractivity contribution in [3.8, 4) is 0 Å². The number of carbonyl (C=O) groups excluding carboxylic acids is 2. The molecule has 2 heterocycles. The number of anilines is 1. The van der Waals surface area contributed by atoms with E-state index >= 15 is 0 Å². The minimum atomic E-state index is -0.232. The standard InChI is InChI=1S/C16H22N4O3S3/c1-2-23-14(22)6-3-8-17-13(21)11-25-16-20-19-15(26-16)18-9-7-12-5-4-10-24-12/h4-5,10H,2-3,6-9,11H2,1H3,(H,17,21)(H,18,19). The lowest BCUT2D eigenvalue weighted by Crippen LogP contribution is -2.26. The zero-order chi connectivity index (χ0) is 18.6. The molecule has 0 fully saturated rings. The van der Waals surface area contributed by atoms with Crippen molar-refractivity contribution in [3.05, 3.63) is 22.4 Å². The Morgan fingerprint density at radius 2 is 2.19 bits per heavy atom. The van der Waals surface area contributed by atoms with Crippen molar-refractivity contribution in [3.63, 3.8) is 0 Å². The van der Waals surface area contributed by atoms with Gasteiger partial charge < -0.3 is 15.4 Å². The SMILES string of the molecule is CCOC(=O)CCCNC(=O)CSc1nnc(NCCc2cccs2)s1. The van der Waals surface area contributed by atoms with E-state index in [0.717, 1.165) is 22.4 Å². The molecule has 2 rings (SSSR count). The molecule has 0 aliphatic rings. The summed E-state index contributed by atoms with van der Waals surface area (Å²) in [6, 6.07) is 4.15. The number of nitrogens with zero attached hydrogens (tertiary/aromatic N) is 2. The molecule has 1 amide bonds. The Morgan fingerprint density at radius 1 is 1.31 bits per heavy atom. The lowest BCUT2D eigenvalue weighted by molar-refractivity contribution is -0.143. The number of hydrogen-bond acceptors (Lipinski definition) is 9. The van der Waals surface area contributed by atoms with Crippen molar-refractivity contribution in [2.45, 2.75) is 30.5 Å². The number of thioether (sulfide) groups is 1. The minimum Gasteiger partial charge on any atom is -0.466 e. The highest BCUT2D eigenvalue weighted by atomic mass is 32.2. The largest absolute Gasteiger partial charge is 0.466 e. The highest BCUT2D eigenvalue weighted by Crippen LogP contribution is 2.25. The Bertz CT molecular complexity index is 676. The lowest BCUT2D eigenvalue weighted by Gasteiger charge is -2.04. The molecule has 0 unspecified atom stereocenters. The molecule has 0 saturated carbocycles. The Kier molecular flexibility index (Phi) is 9.43. The Hall–Kier alpha value is -1.65. The van der Waals surface area contributed by atoms with Crippen LogP contribution in [-0.4, -0.2) is 47.5 Å². The van der Waals surface area contributed by atoms with Gasteiger partial charge in [-0.3, -0.25) is 9.59 Å². The summed E-state index contributed by atoms with van der Waals surface area (Å²) < 4.78 is 5.59. The topological polar surface area (TPSA) is 93.2 Å². The average molecular weight is 415 g/mol. The van der Waals surface area contributed by atoms with Gasteiger partial charge in [0.25, 0.3) is 0 Å². The maximum atomic E-state index is 11.8. The molecular formula is C16H22N4O3S3. The summed E-state index contributed by atoms with van der Waals surface area (Å²) in [7, 11) is 0. The predicted octanol–water partition coefficient (Wildman–Crippen LogP) is 2.81. The first-order valence-electron chi connectivity index (χ1n) is 8.32. The third kappa shape index (κ3) is 8.15. The number of rotatable bonds is 12. The lowest BCUT2D eigenvalue weighted by atomic mass is 10.3. The van der Waals surface area contributed by atoms with E-state index in [4.69, 9.17) is 4.74 Å². The Morgan fingerprint density at radius 3 is 2.96 bits per heavy atom. The predicted molar refractivity (Wildman–Crippen MR) is 106 cm³/mol. The summed E-state index contributed by atoms with van der Waals surface area (Å²) in [5, 5.41) is 17.0. The van der Waals surface area contributed by atoms with Gasteiger partial charge in [-0.2, -0.15) is 0 Å². The Labute approximate surface area is 164 Å². The first-order valence-corrected chi connectivity index (χ1v) is 11.0. The first-order chi connectivity index (χ1) is 12.7. The monoisotopic (exact) mass is 414 g/mol. The molecule has 0 spiro atoms. The number of thiophene rings is 1. The van der Waals surface area contributed by atoms with Crippen molar-refractivity contribution in [2.24, 2.45) is 0 Å². The molecule has 7 nitrogen and oxygen atoms in total. The maximum Gasteiger partial charge on any atom is 0.305 e. The van der Waals surface area contributed by atoms with Gasteiger partial charge in [-0.05, 0) is 31.2 Å². The number of amides is 1. The number of ether oxygens (including phenoxy) is 1. The van der Waals surface area contributed by atoms with Crippen LogP contribution in [0.15, 0.2) is 21.9 Å². The van der Waals surface area contributed by atoms with Crippen LogP contribution in [-0.2, 0) is 20.7 Å². The second kappa shape index (κ2) is 11.9. The third-order valence-corrected chi connectivity index (χ3v) is 6.10. The van der Waals surface area contributed by atoms with E-state index < -0.39 is 0 Å². The van der Waals surface area contributed by atoms with Crippen LogP contribution >= 0.6 is 34.4 Å². The fourth-order valence-corrected chi connectivity index (χ4v) is 4.28. The van der Waals surface area contributed by atoms with E-state index in [9.17, 15) is 9.59 Å². The zero-order valence-electron chi connectivity index (χ0n) is 14.5.